The summed E-state index contributed by atoms with van der Waals surface area (Å²) in [5.41, 5.74) is 1.56. The molecule has 2 aromatic heterocycles. The summed E-state index contributed by atoms with van der Waals surface area (Å²) in [4.78, 5) is 46.8. The Bertz CT molecular complexity index is 879. The lowest BCUT2D eigenvalue weighted by Gasteiger charge is -2.24. The second kappa shape index (κ2) is 9.22. The van der Waals surface area contributed by atoms with Gasteiger partial charge in [-0.2, -0.15) is 0 Å². The van der Waals surface area contributed by atoms with E-state index in [2.05, 4.69) is 20.6 Å². The Hall–Kier alpha value is -2.37. The number of anilines is 2. The fourth-order valence-corrected chi connectivity index (χ4v) is 4.58. The zero-order chi connectivity index (χ0) is 20.1. The summed E-state index contributed by atoms with van der Waals surface area (Å²) >= 11 is 2.72. The topological polar surface area (TPSA) is 114 Å². The summed E-state index contributed by atoms with van der Waals surface area (Å²) < 4.78 is 4.89. The molecule has 1 aliphatic heterocycles. The van der Waals surface area contributed by atoms with E-state index in [1.54, 1.807) is 12.3 Å². The number of hydrogen-bond donors (Lipinski definition) is 2. The number of aromatic nitrogens is 2. The number of amides is 2. The molecule has 0 saturated carbocycles. The fourth-order valence-electron chi connectivity index (χ4n) is 2.75. The zero-order valence-electron chi connectivity index (χ0n) is 15.6. The van der Waals surface area contributed by atoms with Gasteiger partial charge in [-0.15, -0.1) is 22.7 Å². The van der Waals surface area contributed by atoms with Crippen molar-refractivity contribution in [1.82, 2.24) is 14.9 Å². The molecule has 2 amide bonds. The van der Waals surface area contributed by atoms with E-state index in [0.29, 0.717) is 29.1 Å². The van der Waals surface area contributed by atoms with E-state index >= 15 is 0 Å². The predicted octanol–water partition coefficient (Wildman–Crippen LogP) is 1.66. The van der Waals surface area contributed by atoms with E-state index in [-0.39, 0.29) is 30.7 Å². The van der Waals surface area contributed by atoms with Crippen LogP contribution in [0.15, 0.2) is 5.38 Å². The molecule has 0 bridgehead atoms. The van der Waals surface area contributed by atoms with E-state index in [4.69, 9.17) is 4.74 Å². The van der Waals surface area contributed by atoms with Crippen molar-refractivity contribution in [2.75, 3.05) is 30.3 Å². The van der Waals surface area contributed by atoms with Gasteiger partial charge in [0, 0.05) is 36.7 Å². The van der Waals surface area contributed by atoms with Crippen molar-refractivity contribution >= 4 is 50.7 Å². The number of carbonyl (C=O) groups excluding carboxylic acids is 3. The Kier molecular flexibility index (Phi) is 6.70. The van der Waals surface area contributed by atoms with Gasteiger partial charge < -0.3 is 15.4 Å². The van der Waals surface area contributed by atoms with Crippen molar-refractivity contribution in [3.05, 3.63) is 21.6 Å². The highest BCUT2D eigenvalue weighted by Gasteiger charge is 2.23. The molecule has 0 aromatic carbocycles. The van der Waals surface area contributed by atoms with Gasteiger partial charge in [-0.05, 0) is 6.92 Å². The van der Waals surface area contributed by atoms with Gasteiger partial charge >= 0.3 is 5.97 Å². The zero-order valence-corrected chi connectivity index (χ0v) is 17.2. The van der Waals surface area contributed by atoms with Crippen LogP contribution in [0.25, 0.3) is 0 Å². The summed E-state index contributed by atoms with van der Waals surface area (Å²) in [5, 5.41) is 8.28. The van der Waals surface area contributed by atoms with Crippen LogP contribution in [0.1, 0.15) is 30.1 Å². The molecule has 0 saturated heterocycles. The van der Waals surface area contributed by atoms with Crippen LogP contribution in [0.5, 0.6) is 0 Å². The number of thiazole rings is 2. The molecule has 0 atom stereocenters. The number of rotatable bonds is 7. The van der Waals surface area contributed by atoms with Crippen molar-refractivity contribution in [3.63, 3.8) is 0 Å². The van der Waals surface area contributed by atoms with Crippen LogP contribution in [0, 0.1) is 0 Å². The third-order valence-corrected chi connectivity index (χ3v) is 5.69. The summed E-state index contributed by atoms with van der Waals surface area (Å²) in [5.74, 6) is -0.641. The second-order valence-corrected chi connectivity index (χ2v) is 8.15. The molecule has 1 aliphatic rings. The molecule has 0 unspecified atom stereocenters. The van der Waals surface area contributed by atoms with Gasteiger partial charge in [-0.1, -0.05) is 0 Å². The SMILES string of the molecule is CCOC(=O)Cc1csc(NC(=O)CN2CCc3nc(NC(C)=O)sc3C2)n1. The lowest BCUT2D eigenvalue weighted by molar-refractivity contribution is -0.142. The highest BCUT2D eigenvalue weighted by molar-refractivity contribution is 7.15. The van der Waals surface area contributed by atoms with Gasteiger partial charge in [0.1, 0.15) is 0 Å². The van der Waals surface area contributed by atoms with Gasteiger partial charge in [0.05, 0.1) is 31.0 Å². The molecule has 150 valence electrons. The Morgan fingerprint density at radius 1 is 1.25 bits per heavy atom. The number of hydrogen-bond acceptors (Lipinski definition) is 9. The number of carbonyl (C=O) groups is 3. The van der Waals surface area contributed by atoms with Gasteiger partial charge in [-0.25, -0.2) is 9.97 Å². The molecule has 2 aromatic rings. The Morgan fingerprint density at radius 3 is 2.82 bits per heavy atom. The fraction of sp³-hybridized carbons (Fsp3) is 0.471. The normalized spacial score (nSPS) is 13.6. The van der Waals surface area contributed by atoms with Crippen LogP contribution in [0.4, 0.5) is 10.3 Å². The molecule has 2 N–H and O–H groups in total. The minimum atomic E-state index is -0.335. The second-order valence-electron chi connectivity index (χ2n) is 6.20. The molecule has 28 heavy (non-hydrogen) atoms. The van der Waals surface area contributed by atoms with E-state index in [1.165, 1.54) is 29.6 Å². The summed E-state index contributed by atoms with van der Waals surface area (Å²) in [6, 6.07) is 0. The van der Waals surface area contributed by atoms with E-state index in [0.717, 1.165) is 23.5 Å². The first-order valence-corrected chi connectivity index (χ1v) is 10.5. The monoisotopic (exact) mass is 423 g/mol. The number of esters is 1. The quantitative estimate of drug-likeness (QED) is 0.651. The minimum Gasteiger partial charge on any atom is -0.466 e. The van der Waals surface area contributed by atoms with Crippen LogP contribution in [0.2, 0.25) is 0 Å². The molecular formula is C17H21N5O4S2. The van der Waals surface area contributed by atoms with Crippen molar-refractivity contribution in [1.29, 1.82) is 0 Å². The minimum absolute atomic E-state index is 0.0944. The van der Waals surface area contributed by atoms with Crippen LogP contribution in [0.3, 0.4) is 0 Å². The van der Waals surface area contributed by atoms with Crippen molar-refractivity contribution in [2.45, 2.75) is 33.2 Å². The number of nitrogens with zero attached hydrogens (tertiary/aromatic N) is 3. The van der Waals surface area contributed by atoms with E-state index < -0.39 is 0 Å². The number of fused-ring (bicyclic) bond motifs is 1. The Labute approximate surface area is 170 Å². The Balaban J connectivity index is 1.50. The van der Waals surface area contributed by atoms with Crippen molar-refractivity contribution in [2.24, 2.45) is 0 Å². The average molecular weight is 424 g/mol. The molecular weight excluding hydrogens is 402 g/mol. The molecule has 11 heteroatoms. The van der Waals surface area contributed by atoms with Crippen LogP contribution in [-0.4, -0.2) is 52.3 Å². The third kappa shape index (κ3) is 5.57. The lowest BCUT2D eigenvalue weighted by Crippen LogP contribution is -2.36. The van der Waals surface area contributed by atoms with Gasteiger partial charge in [0.25, 0.3) is 0 Å². The Morgan fingerprint density at radius 2 is 2.07 bits per heavy atom. The van der Waals surface area contributed by atoms with Crippen molar-refractivity contribution in [3.8, 4) is 0 Å². The predicted molar refractivity (Wildman–Crippen MR) is 106 cm³/mol. The molecule has 0 radical (unpaired) electrons. The molecule has 3 rings (SSSR count). The first-order valence-electron chi connectivity index (χ1n) is 8.81. The van der Waals surface area contributed by atoms with Gasteiger partial charge in [-0.3, -0.25) is 19.3 Å². The van der Waals surface area contributed by atoms with E-state index in [9.17, 15) is 14.4 Å². The van der Waals surface area contributed by atoms with E-state index in [1.807, 2.05) is 4.90 Å². The first-order chi connectivity index (χ1) is 13.4. The summed E-state index contributed by atoms with van der Waals surface area (Å²) in [6.45, 7) is 5.10. The highest BCUT2D eigenvalue weighted by Crippen LogP contribution is 2.28. The molecule has 9 nitrogen and oxygen atoms in total. The summed E-state index contributed by atoms with van der Waals surface area (Å²) in [7, 11) is 0. The van der Waals surface area contributed by atoms with Gasteiger partial charge in [0.2, 0.25) is 11.8 Å². The first kappa shape index (κ1) is 20.4. The van der Waals surface area contributed by atoms with Crippen molar-refractivity contribution < 1.29 is 19.1 Å². The molecule has 3 heterocycles. The highest BCUT2D eigenvalue weighted by atomic mass is 32.1. The van der Waals surface area contributed by atoms with Crippen LogP contribution in [-0.2, 0) is 38.5 Å². The summed E-state index contributed by atoms with van der Waals surface area (Å²) in [6.07, 6.45) is 0.830. The lowest BCUT2D eigenvalue weighted by atomic mass is 10.2. The maximum atomic E-state index is 12.3. The largest absolute Gasteiger partial charge is 0.466 e. The smallest absolute Gasteiger partial charge is 0.311 e. The maximum absolute atomic E-state index is 12.3. The van der Waals surface area contributed by atoms with Gasteiger partial charge in [0.15, 0.2) is 10.3 Å². The van der Waals surface area contributed by atoms with Crippen LogP contribution >= 0.6 is 22.7 Å². The number of nitrogens with one attached hydrogen (secondary N) is 2. The molecule has 0 fully saturated rings. The third-order valence-electron chi connectivity index (χ3n) is 3.89. The maximum Gasteiger partial charge on any atom is 0.311 e. The number of ether oxygens (including phenoxy) is 1. The molecule has 0 spiro atoms. The molecule has 0 aliphatic carbocycles. The van der Waals surface area contributed by atoms with Crippen LogP contribution < -0.4 is 10.6 Å². The average Bonchev–Trinajstić information content (AvgIpc) is 3.20. The standard InChI is InChI=1S/C17H21N5O4S2/c1-3-26-15(25)6-11-9-27-16(19-11)21-14(24)8-22-5-4-12-13(7-22)28-17(20-12)18-10(2)23/h9H,3-8H2,1-2H3,(H,18,20,23)(H,19,21,24).